The number of benzene rings is 1. The molecule has 0 bridgehead atoms. The number of ether oxygens (including phenoxy) is 2. The number of amides is 1. The van der Waals surface area contributed by atoms with Gasteiger partial charge in [0, 0.05) is 17.7 Å². The number of anilines is 1. The molecule has 0 unspecified atom stereocenters. The molecule has 0 aliphatic carbocycles. The maximum atomic E-state index is 13.0. The van der Waals surface area contributed by atoms with Crippen LogP contribution in [0.4, 0.5) is 5.69 Å². The summed E-state index contributed by atoms with van der Waals surface area (Å²) in [5.41, 5.74) is 5.27. The molecule has 0 fully saturated rings. The first-order valence-corrected chi connectivity index (χ1v) is 7.44. The van der Waals surface area contributed by atoms with Gasteiger partial charge in [-0.1, -0.05) is 18.2 Å². The highest BCUT2D eigenvalue weighted by Gasteiger charge is 2.61. The summed E-state index contributed by atoms with van der Waals surface area (Å²) in [5.74, 6) is -1.06. The summed E-state index contributed by atoms with van der Waals surface area (Å²) in [5, 5.41) is 12.4. The Morgan fingerprint density at radius 3 is 2.88 bits per heavy atom. The van der Waals surface area contributed by atoms with E-state index in [-0.39, 0.29) is 29.2 Å². The zero-order valence-corrected chi connectivity index (χ0v) is 12.8. The number of carbonyl (C=O) groups is 2. The second kappa shape index (κ2) is 4.61. The van der Waals surface area contributed by atoms with E-state index >= 15 is 0 Å². The quantitative estimate of drug-likeness (QED) is 0.693. The number of hydrogen-bond donors (Lipinski definition) is 2. The molecule has 7 nitrogen and oxygen atoms in total. The lowest BCUT2D eigenvalue weighted by atomic mass is 9.67. The van der Waals surface area contributed by atoms with E-state index in [1.165, 1.54) is 0 Å². The van der Waals surface area contributed by atoms with Gasteiger partial charge >= 0.3 is 5.97 Å². The Morgan fingerprint density at radius 2 is 2.12 bits per heavy atom. The van der Waals surface area contributed by atoms with Crippen LogP contribution in [0.2, 0.25) is 0 Å². The summed E-state index contributed by atoms with van der Waals surface area (Å²) in [7, 11) is 0. The van der Waals surface area contributed by atoms with Crippen LogP contribution in [-0.2, 0) is 24.5 Å². The molecule has 3 N–H and O–H groups in total. The van der Waals surface area contributed by atoms with Gasteiger partial charge in [0.2, 0.25) is 11.8 Å². The van der Waals surface area contributed by atoms with Crippen molar-refractivity contribution in [2.24, 2.45) is 5.73 Å². The number of fused-ring (bicyclic) bond motifs is 3. The van der Waals surface area contributed by atoms with Gasteiger partial charge in [-0.25, -0.2) is 4.79 Å². The van der Waals surface area contributed by atoms with Crippen LogP contribution in [0.1, 0.15) is 18.9 Å². The van der Waals surface area contributed by atoms with Gasteiger partial charge in [0.05, 0.1) is 0 Å². The molecule has 4 rings (SSSR count). The van der Waals surface area contributed by atoms with Crippen LogP contribution in [0.25, 0.3) is 0 Å². The first-order chi connectivity index (χ1) is 11.5. The van der Waals surface area contributed by atoms with Crippen molar-refractivity contribution in [3.05, 3.63) is 52.6 Å². The Bertz CT molecular complexity index is 909. The number of nitriles is 1. The molecule has 1 amide bonds. The van der Waals surface area contributed by atoms with Crippen LogP contribution in [0.15, 0.2) is 47.1 Å². The largest absolute Gasteiger partial charge is 0.459 e. The molecule has 120 valence electrons. The van der Waals surface area contributed by atoms with Crippen molar-refractivity contribution < 1.29 is 19.1 Å². The van der Waals surface area contributed by atoms with Crippen LogP contribution < -0.4 is 11.1 Å². The second-order valence-electron chi connectivity index (χ2n) is 5.92. The third-order valence-corrected chi connectivity index (χ3v) is 4.53. The molecule has 24 heavy (non-hydrogen) atoms. The standard InChI is InChI=1S/C17H13N3O4/c1-8-6-12-13(15(21)23-8)17(10(7-18)14(19)24-12)9-4-2-3-5-11(9)20-16(17)22/h2-5,8H,6,19H2,1H3,(H,20,22)/t8-,17-/m1/s1. The van der Waals surface area contributed by atoms with Crippen LogP contribution in [0.5, 0.6) is 0 Å². The van der Waals surface area contributed by atoms with Gasteiger partial charge in [-0.3, -0.25) is 4.79 Å². The molecule has 0 saturated heterocycles. The van der Waals surface area contributed by atoms with Crippen molar-refractivity contribution in [1.82, 2.24) is 0 Å². The highest BCUT2D eigenvalue weighted by atomic mass is 16.6. The first kappa shape index (κ1) is 14.3. The third kappa shape index (κ3) is 1.55. The van der Waals surface area contributed by atoms with E-state index in [2.05, 4.69) is 5.32 Å². The predicted molar refractivity (Wildman–Crippen MR) is 81.9 cm³/mol. The van der Waals surface area contributed by atoms with Gasteiger partial charge in [-0.2, -0.15) is 5.26 Å². The average Bonchev–Trinajstić information content (AvgIpc) is 2.80. The molecule has 2 atom stereocenters. The molecule has 0 saturated carbocycles. The van der Waals surface area contributed by atoms with E-state index in [0.29, 0.717) is 11.3 Å². The molecule has 3 aliphatic rings. The molecule has 1 aromatic carbocycles. The Balaban J connectivity index is 2.10. The predicted octanol–water partition coefficient (Wildman–Crippen LogP) is 1.19. The van der Waals surface area contributed by atoms with Crippen molar-refractivity contribution in [3.8, 4) is 6.07 Å². The Hall–Kier alpha value is -3.27. The van der Waals surface area contributed by atoms with Crippen molar-refractivity contribution in [1.29, 1.82) is 5.26 Å². The molecule has 3 aliphatic heterocycles. The molecule has 3 heterocycles. The summed E-state index contributed by atoms with van der Waals surface area (Å²) in [4.78, 5) is 25.6. The molecule has 1 spiro atoms. The van der Waals surface area contributed by atoms with Crippen molar-refractivity contribution in [2.75, 3.05) is 5.32 Å². The monoisotopic (exact) mass is 323 g/mol. The lowest BCUT2D eigenvalue weighted by molar-refractivity contribution is -0.148. The summed E-state index contributed by atoms with van der Waals surface area (Å²) in [6.07, 6.45) is -0.109. The number of cyclic esters (lactones) is 1. The van der Waals surface area contributed by atoms with Crippen LogP contribution >= 0.6 is 0 Å². The fraction of sp³-hybridized carbons (Fsp3) is 0.235. The molecular weight excluding hydrogens is 310 g/mol. The first-order valence-electron chi connectivity index (χ1n) is 7.44. The fourth-order valence-corrected chi connectivity index (χ4v) is 3.60. The number of carbonyl (C=O) groups excluding carboxylic acids is 2. The minimum Gasteiger partial charge on any atom is -0.459 e. The van der Waals surface area contributed by atoms with E-state index in [1.807, 2.05) is 6.07 Å². The maximum absolute atomic E-state index is 13.0. The Morgan fingerprint density at radius 1 is 1.38 bits per heavy atom. The molecule has 0 radical (unpaired) electrons. The highest BCUT2D eigenvalue weighted by Crippen LogP contribution is 2.53. The number of hydrogen-bond acceptors (Lipinski definition) is 6. The normalized spacial score (nSPS) is 27.9. The SMILES string of the molecule is C[C@@H]1CC2=C(C(=O)O1)[C@]1(C(=O)Nc3ccccc31)C(C#N)=C(N)O2. The summed E-state index contributed by atoms with van der Waals surface area (Å²) < 4.78 is 10.8. The van der Waals surface area contributed by atoms with Crippen molar-refractivity contribution in [2.45, 2.75) is 24.9 Å². The van der Waals surface area contributed by atoms with Gasteiger partial charge in [0.25, 0.3) is 0 Å². The zero-order chi connectivity index (χ0) is 17.1. The number of nitrogens with zero attached hydrogens (tertiary/aromatic N) is 1. The van der Waals surface area contributed by atoms with Crippen LogP contribution in [0, 0.1) is 11.3 Å². The summed E-state index contributed by atoms with van der Waals surface area (Å²) in [6.45, 7) is 1.72. The van der Waals surface area contributed by atoms with Gasteiger partial charge < -0.3 is 20.5 Å². The summed E-state index contributed by atoms with van der Waals surface area (Å²) in [6, 6.07) is 8.84. The van der Waals surface area contributed by atoms with E-state index in [4.69, 9.17) is 15.2 Å². The maximum Gasteiger partial charge on any atom is 0.339 e. The number of esters is 1. The van der Waals surface area contributed by atoms with Gasteiger partial charge in [0.1, 0.15) is 29.1 Å². The smallest absolute Gasteiger partial charge is 0.339 e. The number of nitrogens with one attached hydrogen (secondary N) is 1. The second-order valence-corrected chi connectivity index (χ2v) is 5.92. The molecule has 1 aromatic rings. The van der Waals surface area contributed by atoms with Crippen LogP contribution in [-0.4, -0.2) is 18.0 Å². The topological polar surface area (TPSA) is 114 Å². The van der Waals surface area contributed by atoms with Gasteiger partial charge in [-0.05, 0) is 13.0 Å². The van der Waals surface area contributed by atoms with E-state index < -0.39 is 23.4 Å². The molecular formula is C17H13N3O4. The van der Waals surface area contributed by atoms with Gasteiger partial charge in [-0.15, -0.1) is 0 Å². The number of nitrogens with two attached hydrogens (primary N) is 1. The minimum atomic E-state index is -1.62. The van der Waals surface area contributed by atoms with Crippen molar-refractivity contribution >= 4 is 17.6 Å². The van der Waals surface area contributed by atoms with E-state index in [1.54, 1.807) is 31.2 Å². The average molecular weight is 323 g/mol. The highest BCUT2D eigenvalue weighted by molar-refractivity contribution is 6.17. The Kier molecular flexibility index (Phi) is 2.76. The lowest BCUT2D eigenvalue weighted by Gasteiger charge is -2.37. The zero-order valence-electron chi connectivity index (χ0n) is 12.8. The van der Waals surface area contributed by atoms with E-state index in [0.717, 1.165) is 0 Å². The van der Waals surface area contributed by atoms with Gasteiger partial charge in [0.15, 0.2) is 5.41 Å². The molecule has 0 aromatic heterocycles. The molecule has 7 heteroatoms. The Labute approximate surface area is 137 Å². The minimum absolute atomic E-state index is 0.0359. The fourth-order valence-electron chi connectivity index (χ4n) is 3.60. The van der Waals surface area contributed by atoms with Crippen LogP contribution in [0.3, 0.4) is 0 Å². The third-order valence-electron chi connectivity index (χ3n) is 4.53. The summed E-state index contributed by atoms with van der Waals surface area (Å²) >= 11 is 0. The lowest BCUT2D eigenvalue weighted by Crippen LogP contribution is -2.48. The number of para-hydroxylation sites is 1. The van der Waals surface area contributed by atoms with E-state index in [9.17, 15) is 14.9 Å². The van der Waals surface area contributed by atoms with Crippen molar-refractivity contribution in [3.63, 3.8) is 0 Å². The number of rotatable bonds is 0.